The van der Waals surface area contributed by atoms with E-state index in [1.54, 1.807) is 0 Å². The number of nitrogen functional groups attached to an aromatic ring is 1. The molecule has 0 atom stereocenters. The van der Waals surface area contributed by atoms with E-state index in [2.05, 4.69) is 0 Å². The molecule has 0 heterocycles. The molecule has 1 aromatic carbocycles. The standard InChI is InChI=1S/C12H13F3N2O/c1-17(8-3-4-8)11(18)9-5-2-7(16)6-10(9)12(13,14)15/h2,5-6,8H,3-4,16H2,1H3. The summed E-state index contributed by atoms with van der Waals surface area (Å²) in [6.07, 6.45) is -2.89. The molecule has 1 saturated carbocycles. The van der Waals surface area contributed by atoms with Crippen molar-refractivity contribution >= 4 is 11.6 Å². The highest BCUT2D eigenvalue weighted by molar-refractivity contribution is 5.96. The molecule has 0 radical (unpaired) electrons. The molecule has 0 unspecified atom stereocenters. The first-order valence-corrected chi connectivity index (χ1v) is 5.54. The SMILES string of the molecule is CN(C(=O)c1ccc(N)cc1C(F)(F)F)C1CC1. The number of amides is 1. The maximum Gasteiger partial charge on any atom is 0.417 e. The van der Waals surface area contributed by atoms with Gasteiger partial charge in [-0.3, -0.25) is 4.79 Å². The highest BCUT2D eigenvalue weighted by atomic mass is 19.4. The van der Waals surface area contributed by atoms with Crippen LogP contribution in [0.15, 0.2) is 18.2 Å². The zero-order valence-electron chi connectivity index (χ0n) is 9.79. The van der Waals surface area contributed by atoms with Gasteiger partial charge >= 0.3 is 6.18 Å². The van der Waals surface area contributed by atoms with Gasteiger partial charge in [-0.25, -0.2) is 0 Å². The Morgan fingerprint density at radius 1 is 1.39 bits per heavy atom. The lowest BCUT2D eigenvalue weighted by Gasteiger charge is -2.19. The van der Waals surface area contributed by atoms with Crippen LogP contribution in [-0.2, 0) is 6.18 Å². The number of hydrogen-bond acceptors (Lipinski definition) is 2. The molecule has 0 spiro atoms. The number of benzene rings is 1. The molecule has 1 fully saturated rings. The molecule has 1 aliphatic carbocycles. The molecule has 2 rings (SSSR count). The van der Waals surface area contributed by atoms with Crippen LogP contribution in [0.4, 0.5) is 18.9 Å². The van der Waals surface area contributed by atoms with Crippen LogP contribution in [0.3, 0.4) is 0 Å². The van der Waals surface area contributed by atoms with Gasteiger partial charge in [0.15, 0.2) is 0 Å². The van der Waals surface area contributed by atoms with E-state index in [-0.39, 0.29) is 17.3 Å². The molecular weight excluding hydrogens is 245 g/mol. The Labute approximate surface area is 102 Å². The fraction of sp³-hybridized carbons (Fsp3) is 0.417. The second-order valence-corrected chi connectivity index (χ2v) is 4.45. The Kier molecular flexibility index (Phi) is 2.96. The molecule has 3 nitrogen and oxygen atoms in total. The summed E-state index contributed by atoms with van der Waals surface area (Å²) < 4.78 is 38.5. The fourth-order valence-corrected chi connectivity index (χ4v) is 1.80. The van der Waals surface area contributed by atoms with Gasteiger partial charge in [0.05, 0.1) is 11.1 Å². The Morgan fingerprint density at radius 3 is 2.50 bits per heavy atom. The number of anilines is 1. The molecule has 18 heavy (non-hydrogen) atoms. The van der Waals surface area contributed by atoms with Gasteiger partial charge in [-0.2, -0.15) is 13.2 Å². The lowest BCUT2D eigenvalue weighted by Crippen LogP contribution is -2.30. The van der Waals surface area contributed by atoms with Gasteiger partial charge in [-0.1, -0.05) is 0 Å². The maximum atomic E-state index is 12.8. The molecule has 1 aromatic rings. The molecule has 0 aromatic heterocycles. The fourth-order valence-electron chi connectivity index (χ4n) is 1.80. The zero-order chi connectivity index (χ0) is 13.5. The third-order valence-corrected chi connectivity index (χ3v) is 2.99. The number of carbonyl (C=O) groups is 1. The molecule has 0 aliphatic heterocycles. The normalized spacial score (nSPS) is 15.6. The quantitative estimate of drug-likeness (QED) is 0.828. The van der Waals surface area contributed by atoms with E-state index in [1.807, 2.05) is 0 Å². The summed E-state index contributed by atoms with van der Waals surface area (Å²) in [5.41, 5.74) is 4.03. The lowest BCUT2D eigenvalue weighted by molar-refractivity contribution is -0.138. The monoisotopic (exact) mass is 258 g/mol. The van der Waals surface area contributed by atoms with Crippen molar-refractivity contribution in [2.75, 3.05) is 12.8 Å². The van der Waals surface area contributed by atoms with Crippen LogP contribution in [0.25, 0.3) is 0 Å². The summed E-state index contributed by atoms with van der Waals surface area (Å²) >= 11 is 0. The molecule has 6 heteroatoms. The number of carbonyl (C=O) groups excluding carboxylic acids is 1. The zero-order valence-corrected chi connectivity index (χ0v) is 9.79. The van der Waals surface area contributed by atoms with Gasteiger partial charge in [-0.05, 0) is 31.0 Å². The molecule has 0 bridgehead atoms. The van der Waals surface area contributed by atoms with Crippen molar-refractivity contribution in [1.29, 1.82) is 0 Å². The summed E-state index contributed by atoms with van der Waals surface area (Å²) in [6, 6.07) is 3.31. The van der Waals surface area contributed by atoms with Crippen LogP contribution in [-0.4, -0.2) is 23.9 Å². The van der Waals surface area contributed by atoms with Crippen LogP contribution in [0.1, 0.15) is 28.8 Å². The van der Waals surface area contributed by atoms with Crippen LogP contribution in [0.2, 0.25) is 0 Å². The topological polar surface area (TPSA) is 46.3 Å². The van der Waals surface area contributed by atoms with E-state index >= 15 is 0 Å². The third kappa shape index (κ3) is 2.42. The first-order chi connectivity index (χ1) is 8.30. The average Bonchev–Trinajstić information content (AvgIpc) is 3.09. The van der Waals surface area contributed by atoms with Crippen molar-refractivity contribution in [2.24, 2.45) is 0 Å². The lowest BCUT2D eigenvalue weighted by atomic mass is 10.0. The largest absolute Gasteiger partial charge is 0.417 e. The summed E-state index contributed by atoms with van der Waals surface area (Å²) in [5, 5.41) is 0. The van der Waals surface area contributed by atoms with Gasteiger partial charge in [0, 0.05) is 18.8 Å². The predicted octanol–water partition coefficient (Wildman–Crippen LogP) is 2.52. The van der Waals surface area contributed by atoms with Gasteiger partial charge in [0.25, 0.3) is 5.91 Å². The van der Waals surface area contributed by atoms with E-state index in [0.717, 1.165) is 25.0 Å². The minimum atomic E-state index is -4.58. The van der Waals surface area contributed by atoms with Crippen LogP contribution in [0, 0.1) is 0 Å². The van der Waals surface area contributed by atoms with Gasteiger partial charge in [0.2, 0.25) is 0 Å². The number of hydrogen-bond donors (Lipinski definition) is 1. The van der Waals surface area contributed by atoms with Crippen LogP contribution >= 0.6 is 0 Å². The molecule has 98 valence electrons. The van der Waals surface area contributed by atoms with E-state index in [9.17, 15) is 18.0 Å². The van der Waals surface area contributed by atoms with E-state index in [0.29, 0.717) is 0 Å². The molecule has 2 N–H and O–H groups in total. The average molecular weight is 258 g/mol. The molecule has 0 saturated heterocycles. The summed E-state index contributed by atoms with van der Waals surface area (Å²) in [4.78, 5) is 13.4. The summed E-state index contributed by atoms with van der Waals surface area (Å²) in [6.45, 7) is 0. The minimum absolute atomic E-state index is 0.00653. The Morgan fingerprint density at radius 2 is 2.00 bits per heavy atom. The summed E-state index contributed by atoms with van der Waals surface area (Å²) in [7, 11) is 1.52. The molecule has 1 amide bonds. The maximum absolute atomic E-state index is 12.8. The summed E-state index contributed by atoms with van der Waals surface area (Å²) in [5.74, 6) is -0.607. The second-order valence-electron chi connectivity index (χ2n) is 4.45. The first kappa shape index (κ1) is 12.7. The Bertz CT molecular complexity index is 481. The van der Waals surface area contributed by atoms with Crippen molar-refractivity contribution in [2.45, 2.75) is 25.1 Å². The third-order valence-electron chi connectivity index (χ3n) is 2.99. The number of alkyl halides is 3. The van der Waals surface area contributed by atoms with Crippen molar-refractivity contribution in [3.63, 3.8) is 0 Å². The van der Waals surface area contributed by atoms with Gasteiger partial charge < -0.3 is 10.6 Å². The second kappa shape index (κ2) is 4.19. The number of halogens is 3. The van der Waals surface area contributed by atoms with Crippen LogP contribution < -0.4 is 5.73 Å². The van der Waals surface area contributed by atoms with E-state index < -0.39 is 17.6 Å². The van der Waals surface area contributed by atoms with Gasteiger partial charge in [-0.15, -0.1) is 0 Å². The Hall–Kier alpha value is -1.72. The number of rotatable bonds is 2. The van der Waals surface area contributed by atoms with E-state index in [1.165, 1.54) is 18.0 Å². The highest BCUT2D eigenvalue weighted by Crippen LogP contribution is 2.35. The van der Waals surface area contributed by atoms with Gasteiger partial charge in [0.1, 0.15) is 0 Å². The first-order valence-electron chi connectivity index (χ1n) is 5.54. The smallest absolute Gasteiger partial charge is 0.399 e. The van der Waals surface area contributed by atoms with Crippen LogP contribution in [0.5, 0.6) is 0 Å². The number of nitrogens with zero attached hydrogens (tertiary/aromatic N) is 1. The molecule has 1 aliphatic rings. The highest BCUT2D eigenvalue weighted by Gasteiger charge is 2.38. The van der Waals surface area contributed by atoms with Crippen molar-refractivity contribution in [3.8, 4) is 0 Å². The Balaban J connectivity index is 2.40. The van der Waals surface area contributed by atoms with Crippen molar-refractivity contribution in [3.05, 3.63) is 29.3 Å². The molecular formula is C12H13F3N2O. The minimum Gasteiger partial charge on any atom is -0.399 e. The van der Waals surface area contributed by atoms with Crippen molar-refractivity contribution < 1.29 is 18.0 Å². The van der Waals surface area contributed by atoms with E-state index in [4.69, 9.17) is 5.73 Å². The van der Waals surface area contributed by atoms with Crippen molar-refractivity contribution in [1.82, 2.24) is 4.90 Å². The predicted molar refractivity (Wildman–Crippen MR) is 61.0 cm³/mol. The number of nitrogens with two attached hydrogens (primary N) is 1.